The fraction of sp³-hybridized carbons (Fsp3) is 0.364. The summed E-state index contributed by atoms with van der Waals surface area (Å²) in [5.41, 5.74) is 0.217. The van der Waals surface area contributed by atoms with Crippen LogP contribution >= 0.6 is 0 Å². The zero-order valence-corrected chi connectivity index (χ0v) is 12.4. The number of nitro groups is 1. The Morgan fingerprint density at radius 3 is 2.52 bits per heavy atom. The minimum Gasteiger partial charge on any atom is -0.383 e. The fourth-order valence-corrected chi connectivity index (χ4v) is 2.02. The van der Waals surface area contributed by atoms with Gasteiger partial charge in [-0.05, 0) is 12.1 Å². The number of anilines is 1. The van der Waals surface area contributed by atoms with Gasteiger partial charge in [0.1, 0.15) is 5.69 Å². The minimum atomic E-state index is -3.31. The maximum absolute atomic E-state index is 11.8. The van der Waals surface area contributed by atoms with E-state index in [1.165, 1.54) is 12.1 Å². The van der Waals surface area contributed by atoms with E-state index >= 15 is 0 Å². The van der Waals surface area contributed by atoms with Crippen LogP contribution in [0.25, 0.3) is 0 Å². The van der Waals surface area contributed by atoms with Crippen molar-refractivity contribution in [2.75, 3.05) is 31.7 Å². The molecule has 0 heterocycles. The summed E-state index contributed by atoms with van der Waals surface area (Å²) in [6.07, 6.45) is 1.01. The summed E-state index contributed by atoms with van der Waals surface area (Å²) >= 11 is 0. The molecule has 0 aliphatic heterocycles. The molecule has 0 saturated heterocycles. The Morgan fingerprint density at radius 2 is 2.00 bits per heavy atom. The first-order chi connectivity index (χ1) is 9.74. The molecule has 9 nitrogen and oxygen atoms in total. The van der Waals surface area contributed by atoms with Crippen LogP contribution in [0.4, 0.5) is 11.4 Å². The van der Waals surface area contributed by atoms with Crippen molar-refractivity contribution in [3.63, 3.8) is 0 Å². The second kappa shape index (κ2) is 6.99. The van der Waals surface area contributed by atoms with Crippen molar-refractivity contribution < 1.29 is 18.1 Å². The van der Waals surface area contributed by atoms with Crippen LogP contribution in [0.2, 0.25) is 0 Å². The number of nitrogens with one attached hydrogen (secondary N) is 3. The van der Waals surface area contributed by atoms with Gasteiger partial charge >= 0.3 is 0 Å². The molecule has 1 amide bonds. The Hall–Kier alpha value is -2.20. The molecule has 116 valence electrons. The van der Waals surface area contributed by atoms with Gasteiger partial charge in [0.15, 0.2) is 0 Å². The van der Waals surface area contributed by atoms with Crippen LogP contribution in [-0.2, 0) is 10.0 Å². The van der Waals surface area contributed by atoms with Gasteiger partial charge in [0, 0.05) is 31.8 Å². The molecular weight excluding hydrogens is 300 g/mol. The van der Waals surface area contributed by atoms with E-state index in [4.69, 9.17) is 0 Å². The lowest BCUT2D eigenvalue weighted by Crippen LogP contribution is -2.34. The summed E-state index contributed by atoms with van der Waals surface area (Å²) in [5, 5.41) is 16.0. The van der Waals surface area contributed by atoms with Crippen molar-refractivity contribution in [3.8, 4) is 0 Å². The summed E-state index contributed by atoms with van der Waals surface area (Å²) in [6.45, 7) is 0.120. The zero-order valence-electron chi connectivity index (χ0n) is 11.5. The predicted molar refractivity (Wildman–Crippen MR) is 77.8 cm³/mol. The highest BCUT2D eigenvalue weighted by Crippen LogP contribution is 2.24. The van der Waals surface area contributed by atoms with E-state index < -0.39 is 20.9 Å². The van der Waals surface area contributed by atoms with E-state index in [1.54, 1.807) is 7.05 Å². The molecule has 0 aliphatic rings. The van der Waals surface area contributed by atoms with E-state index in [1.807, 2.05) is 0 Å². The summed E-state index contributed by atoms with van der Waals surface area (Å²) < 4.78 is 23.9. The standard InChI is InChI=1S/C11H16N4O5S/c1-12-9-4-3-8(7-10(9)15(17)18)11(16)13-5-6-14-21(2,19)20/h3-4,7,12,14H,5-6H2,1-2H3,(H,13,16). The molecule has 0 spiro atoms. The van der Waals surface area contributed by atoms with Gasteiger partial charge in [0.2, 0.25) is 10.0 Å². The third kappa shape index (κ3) is 5.36. The highest BCUT2D eigenvalue weighted by Gasteiger charge is 2.16. The number of hydrogen-bond donors (Lipinski definition) is 3. The van der Waals surface area contributed by atoms with Crippen molar-refractivity contribution in [1.29, 1.82) is 0 Å². The van der Waals surface area contributed by atoms with Crippen LogP contribution < -0.4 is 15.4 Å². The quantitative estimate of drug-likeness (QED) is 0.366. The smallest absolute Gasteiger partial charge is 0.293 e. The average molecular weight is 316 g/mol. The van der Waals surface area contributed by atoms with E-state index in [9.17, 15) is 23.3 Å². The monoisotopic (exact) mass is 316 g/mol. The first kappa shape index (κ1) is 16.9. The number of carbonyl (C=O) groups is 1. The molecule has 0 unspecified atom stereocenters. The van der Waals surface area contributed by atoms with Crippen LogP contribution in [0.5, 0.6) is 0 Å². The molecule has 10 heteroatoms. The maximum atomic E-state index is 11.8. The van der Waals surface area contributed by atoms with Gasteiger partial charge in [0.25, 0.3) is 11.6 Å². The van der Waals surface area contributed by atoms with E-state index in [0.717, 1.165) is 12.3 Å². The summed E-state index contributed by atoms with van der Waals surface area (Å²) in [7, 11) is -1.77. The third-order valence-corrected chi connectivity index (χ3v) is 3.23. The Kier molecular flexibility index (Phi) is 5.61. The summed E-state index contributed by atoms with van der Waals surface area (Å²) in [4.78, 5) is 22.1. The zero-order chi connectivity index (χ0) is 16.0. The minimum absolute atomic E-state index is 0.0429. The highest BCUT2D eigenvalue weighted by atomic mass is 32.2. The first-order valence-electron chi connectivity index (χ1n) is 5.93. The number of sulfonamides is 1. The van der Waals surface area contributed by atoms with E-state index in [2.05, 4.69) is 15.4 Å². The average Bonchev–Trinajstić information content (AvgIpc) is 2.41. The Morgan fingerprint density at radius 1 is 1.33 bits per heavy atom. The molecular formula is C11H16N4O5S. The molecule has 0 bridgehead atoms. The molecule has 0 fully saturated rings. The number of nitro benzene ring substituents is 1. The SMILES string of the molecule is CNc1ccc(C(=O)NCCNS(C)(=O)=O)cc1[N+](=O)[O-]. The molecule has 0 atom stereocenters. The summed E-state index contributed by atoms with van der Waals surface area (Å²) in [6, 6.07) is 4.03. The largest absolute Gasteiger partial charge is 0.383 e. The normalized spacial score (nSPS) is 11.0. The summed E-state index contributed by atoms with van der Waals surface area (Å²) in [5.74, 6) is -0.518. The third-order valence-electron chi connectivity index (χ3n) is 2.50. The van der Waals surface area contributed by atoms with Gasteiger partial charge in [-0.25, -0.2) is 13.1 Å². The number of nitrogens with zero attached hydrogens (tertiary/aromatic N) is 1. The highest BCUT2D eigenvalue weighted by molar-refractivity contribution is 7.88. The fourth-order valence-electron chi connectivity index (χ4n) is 1.55. The van der Waals surface area contributed by atoms with Gasteiger partial charge in [-0.15, -0.1) is 0 Å². The lowest BCUT2D eigenvalue weighted by Gasteiger charge is -2.07. The molecule has 0 radical (unpaired) electrons. The van der Waals surface area contributed by atoms with E-state index in [0.29, 0.717) is 5.69 Å². The van der Waals surface area contributed by atoms with Gasteiger partial charge in [0.05, 0.1) is 11.2 Å². The molecule has 1 aromatic carbocycles. The molecule has 21 heavy (non-hydrogen) atoms. The molecule has 0 saturated carbocycles. The molecule has 0 aromatic heterocycles. The number of carbonyl (C=O) groups excluding carboxylic acids is 1. The predicted octanol–water partition coefficient (Wildman–Crippen LogP) is -0.0845. The van der Waals surface area contributed by atoms with Crippen molar-refractivity contribution in [1.82, 2.24) is 10.0 Å². The Balaban J connectivity index is 2.70. The number of rotatable bonds is 7. The van der Waals surface area contributed by atoms with Crippen molar-refractivity contribution in [2.45, 2.75) is 0 Å². The first-order valence-corrected chi connectivity index (χ1v) is 7.83. The number of benzene rings is 1. The molecule has 3 N–H and O–H groups in total. The Bertz CT molecular complexity index is 644. The van der Waals surface area contributed by atoms with Crippen LogP contribution in [0, 0.1) is 10.1 Å². The lowest BCUT2D eigenvalue weighted by atomic mass is 10.1. The van der Waals surface area contributed by atoms with Gasteiger partial charge in [-0.1, -0.05) is 0 Å². The Labute approximate surface area is 121 Å². The van der Waals surface area contributed by atoms with Crippen molar-refractivity contribution >= 4 is 27.3 Å². The topological polar surface area (TPSA) is 130 Å². The van der Waals surface area contributed by atoms with Gasteiger partial charge in [-0.3, -0.25) is 14.9 Å². The second-order valence-electron chi connectivity index (χ2n) is 4.16. The van der Waals surface area contributed by atoms with Crippen molar-refractivity contribution in [3.05, 3.63) is 33.9 Å². The van der Waals surface area contributed by atoms with Crippen molar-refractivity contribution in [2.24, 2.45) is 0 Å². The van der Waals surface area contributed by atoms with Crippen LogP contribution in [0.1, 0.15) is 10.4 Å². The second-order valence-corrected chi connectivity index (χ2v) is 5.99. The van der Waals surface area contributed by atoms with E-state index in [-0.39, 0.29) is 24.3 Å². The molecule has 1 aromatic rings. The maximum Gasteiger partial charge on any atom is 0.293 e. The van der Waals surface area contributed by atoms with Crippen LogP contribution in [0.15, 0.2) is 18.2 Å². The lowest BCUT2D eigenvalue weighted by molar-refractivity contribution is -0.384. The molecule has 0 aliphatic carbocycles. The number of hydrogen-bond acceptors (Lipinski definition) is 6. The van der Waals surface area contributed by atoms with Gasteiger partial charge in [-0.2, -0.15) is 0 Å². The van der Waals surface area contributed by atoms with Crippen LogP contribution in [-0.4, -0.2) is 45.6 Å². The van der Waals surface area contributed by atoms with Crippen LogP contribution in [0.3, 0.4) is 0 Å². The molecule has 1 rings (SSSR count). The van der Waals surface area contributed by atoms with Gasteiger partial charge < -0.3 is 10.6 Å². The number of amides is 1.